The lowest BCUT2D eigenvalue weighted by Crippen LogP contribution is -2.19. The minimum absolute atomic E-state index is 0.102. The first-order valence-corrected chi connectivity index (χ1v) is 5.88. The van der Waals surface area contributed by atoms with Crippen LogP contribution in [0, 0.1) is 5.41 Å². The Kier molecular flexibility index (Phi) is 3.79. The van der Waals surface area contributed by atoms with Crippen molar-refractivity contribution in [2.24, 2.45) is 5.41 Å². The Labute approximate surface area is 99.8 Å². The fourth-order valence-corrected chi connectivity index (χ4v) is 2.37. The van der Waals surface area contributed by atoms with Gasteiger partial charge in [-0.15, -0.1) is 0 Å². The summed E-state index contributed by atoms with van der Waals surface area (Å²) in [4.78, 5) is 2.29. The highest BCUT2D eigenvalue weighted by Crippen LogP contribution is 2.46. The van der Waals surface area contributed by atoms with E-state index in [1.807, 2.05) is 6.92 Å². The normalized spacial score (nSPS) is 23.4. The van der Waals surface area contributed by atoms with E-state index in [0.29, 0.717) is 0 Å². The number of rotatable bonds is 2. The van der Waals surface area contributed by atoms with Gasteiger partial charge in [0.1, 0.15) is 0 Å². The molecule has 0 bridgehead atoms. The average Bonchev–Trinajstić information content (AvgIpc) is 2.38. The third kappa shape index (κ3) is 1.99. The molecule has 88 valence electrons. The summed E-state index contributed by atoms with van der Waals surface area (Å²) < 4.78 is 0. The molecule has 0 fully saturated rings. The molecule has 1 aliphatic rings. The quantitative estimate of drug-likeness (QED) is 0.667. The molecule has 1 nitrogen and oxygen atoms in total. The second kappa shape index (κ2) is 4.73. The van der Waals surface area contributed by atoms with Crippen LogP contribution in [0.2, 0.25) is 0 Å². The molecule has 0 aromatic heterocycles. The van der Waals surface area contributed by atoms with Gasteiger partial charge in [0, 0.05) is 23.9 Å². The number of nitrogens with zero attached hydrogens (tertiary/aromatic N) is 1. The van der Waals surface area contributed by atoms with E-state index in [1.54, 1.807) is 0 Å². The monoisotopic (exact) mass is 217 g/mol. The van der Waals surface area contributed by atoms with Gasteiger partial charge < -0.3 is 4.90 Å². The van der Waals surface area contributed by atoms with Crippen LogP contribution in [-0.4, -0.2) is 11.9 Å². The van der Waals surface area contributed by atoms with Gasteiger partial charge >= 0.3 is 0 Å². The van der Waals surface area contributed by atoms with Gasteiger partial charge in [-0.3, -0.25) is 0 Å². The summed E-state index contributed by atoms with van der Waals surface area (Å²) in [5, 5.41) is 0. The van der Waals surface area contributed by atoms with E-state index >= 15 is 0 Å². The van der Waals surface area contributed by atoms with Crippen LogP contribution in [0.25, 0.3) is 0 Å². The van der Waals surface area contributed by atoms with E-state index in [4.69, 9.17) is 0 Å². The fourth-order valence-electron chi connectivity index (χ4n) is 2.37. The van der Waals surface area contributed by atoms with Crippen LogP contribution < -0.4 is 0 Å². The average molecular weight is 217 g/mol. The highest BCUT2D eigenvalue weighted by Gasteiger charge is 2.37. The van der Waals surface area contributed by atoms with Crippen LogP contribution in [0.3, 0.4) is 0 Å². The molecule has 0 aromatic carbocycles. The van der Waals surface area contributed by atoms with Gasteiger partial charge in [0.2, 0.25) is 0 Å². The van der Waals surface area contributed by atoms with E-state index in [2.05, 4.69) is 70.0 Å². The Morgan fingerprint density at radius 2 is 1.75 bits per heavy atom. The molecule has 0 saturated heterocycles. The number of hydrogen-bond donors (Lipinski definition) is 0. The zero-order valence-electron chi connectivity index (χ0n) is 11.3. The summed E-state index contributed by atoms with van der Waals surface area (Å²) in [7, 11) is 2.14. The fraction of sp³-hybridized carbons (Fsp3) is 0.467. The molecule has 1 rings (SSSR count). The van der Waals surface area contributed by atoms with Crippen molar-refractivity contribution in [3.63, 3.8) is 0 Å². The molecular formula is C15H23N. The lowest BCUT2D eigenvalue weighted by molar-refractivity contribution is 0.442. The summed E-state index contributed by atoms with van der Waals surface area (Å²) in [6, 6.07) is 0. The van der Waals surface area contributed by atoms with Crippen LogP contribution in [0.1, 0.15) is 34.6 Å². The smallest absolute Gasteiger partial charge is 0.0316 e. The van der Waals surface area contributed by atoms with Crippen molar-refractivity contribution in [3.05, 3.63) is 47.3 Å². The molecule has 0 N–H and O–H groups in total. The largest absolute Gasteiger partial charge is 0.351 e. The predicted octanol–water partition coefficient (Wildman–Crippen LogP) is 4.27. The van der Waals surface area contributed by atoms with Gasteiger partial charge in [-0.05, 0) is 32.4 Å². The van der Waals surface area contributed by atoms with Crippen molar-refractivity contribution in [2.45, 2.75) is 34.6 Å². The molecule has 0 saturated carbocycles. The van der Waals surface area contributed by atoms with Gasteiger partial charge in [0.05, 0.1) is 0 Å². The molecule has 1 heterocycles. The summed E-state index contributed by atoms with van der Waals surface area (Å²) in [6.45, 7) is 10.9. The van der Waals surface area contributed by atoms with E-state index in [9.17, 15) is 0 Å². The van der Waals surface area contributed by atoms with Crippen molar-refractivity contribution >= 4 is 0 Å². The number of allylic oxidation sites excluding steroid dienone is 7. The van der Waals surface area contributed by atoms with E-state index < -0.39 is 0 Å². The van der Waals surface area contributed by atoms with E-state index in [-0.39, 0.29) is 5.41 Å². The van der Waals surface area contributed by atoms with Crippen LogP contribution >= 0.6 is 0 Å². The van der Waals surface area contributed by atoms with Gasteiger partial charge in [-0.2, -0.15) is 0 Å². The summed E-state index contributed by atoms with van der Waals surface area (Å²) in [5.41, 5.74) is 4.22. The first kappa shape index (κ1) is 12.8. The Morgan fingerprint density at radius 3 is 2.25 bits per heavy atom. The molecule has 0 atom stereocenters. The number of hydrogen-bond acceptors (Lipinski definition) is 1. The van der Waals surface area contributed by atoms with Gasteiger partial charge in [-0.25, -0.2) is 0 Å². The maximum absolute atomic E-state index is 2.29. The molecular weight excluding hydrogens is 194 g/mol. The summed E-state index contributed by atoms with van der Waals surface area (Å²) in [6.07, 6.45) is 10.7. The standard InChI is InChI=1S/C15H23N/c1-7-9-11-14-15(4,5)13(10-8-2)12(3)16(14)6/h7-11H,1-6H3/b9-7-,10-8-,14-11-. The molecule has 1 aliphatic heterocycles. The molecule has 0 spiro atoms. The van der Waals surface area contributed by atoms with Crippen molar-refractivity contribution in [1.82, 2.24) is 4.90 Å². The van der Waals surface area contributed by atoms with Crippen LogP contribution in [0.5, 0.6) is 0 Å². The maximum atomic E-state index is 2.29. The molecule has 0 amide bonds. The Morgan fingerprint density at radius 1 is 1.12 bits per heavy atom. The molecule has 0 unspecified atom stereocenters. The van der Waals surface area contributed by atoms with Crippen molar-refractivity contribution in [3.8, 4) is 0 Å². The first-order valence-electron chi connectivity index (χ1n) is 5.88. The highest BCUT2D eigenvalue weighted by atomic mass is 15.2. The first-order chi connectivity index (χ1) is 7.46. The maximum Gasteiger partial charge on any atom is 0.0316 e. The minimum atomic E-state index is 0.102. The highest BCUT2D eigenvalue weighted by molar-refractivity contribution is 5.45. The molecule has 1 heteroatoms. The minimum Gasteiger partial charge on any atom is -0.351 e. The second-order valence-corrected chi connectivity index (χ2v) is 4.76. The molecule has 0 aliphatic carbocycles. The Balaban J connectivity index is 3.25. The second-order valence-electron chi connectivity index (χ2n) is 4.76. The van der Waals surface area contributed by atoms with Crippen LogP contribution in [-0.2, 0) is 0 Å². The van der Waals surface area contributed by atoms with E-state index in [0.717, 1.165) is 0 Å². The lowest BCUT2D eigenvalue weighted by Gasteiger charge is -2.25. The van der Waals surface area contributed by atoms with Gasteiger partial charge in [0.25, 0.3) is 0 Å². The van der Waals surface area contributed by atoms with E-state index in [1.165, 1.54) is 17.0 Å². The third-order valence-corrected chi connectivity index (χ3v) is 3.35. The summed E-state index contributed by atoms with van der Waals surface area (Å²) in [5.74, 6) is 0. The molecule has 0 aromatic rings. The van der Waals surface area contributed by atoms with Crippen LogP contribution in [0.4, 0.5) is 0 Å². The molecule has 16 heavy (non-hydrogen) atoms. The molecule has 0 radical (unpaired) electrons. The van der Waals surface area contributed by atoms with Crippen LogP contribution in [0.15, 0.2) is 47.3 Å². The van der Waals surface area contributed by atoms with Crippen molar-refractivity contribution in [1.29, 1.82) is 0 Å². The Hall–Kier alpha value is -1.24. The summed E-state index contributed by atoms with van der Waals surface area (Å²) >= 11 is 0. The van der Waals surface area contributed by atoms with Crippen molar-refractivity contribution in [2.75, 3.05) is 7.05 Å². The topological polar surface area (TPSA) is 3.24 Å². The zero-order chi connectivity index (χ0) is 12.3. The Bertz CT molecular complexity index is 378. The van der Waals surface area contributed by atoms with Crippen molar-refractivity contribution < 1.29 is 0 Å². The SMILES string of the molecule is C/C=C\C=C1/N(C)C(C)=C(/C=C\C)C1(C)C. The third-order valence-electron chi connectivity index (χ3n) is 3.35. The lowest BCUT2D eigenvalue weighted by atomic mass is 9.82. The van der Waals surface area contributed by atoms with Gasteiger partial charge in [0.15, 0.2) is 0 Å². The zero-order valence-corrected chi connectivity index (χ0v) is 11.3. The van der Waals surface area contributed by atoms with Gasteiger partial charge in [-0.1, -0.05) is 38.2 Å². The predicted molar refractivity (Wildman–Crippen MR) is 72.0 cm³/mol.